The van der Waals surface area contributed by atoms with Crippen LogP contribution < -0.4 is 4.90 Å². The first kappa shape index (κ1) is 22.9. The highest BCUT2D eigenvalue weighted by Crippen LogP contribution is 2.40. The zero-order valence-electron chi connectivity index (χ0n) is 20.0. The van der Waals surface area contributed by atoms with Gasteiger partial charge in [0.25, 0.3) is 0 Å². The van der Waals surface area contributed by atoms with E-state index in [9.17, 15) is 8.42 Å². The van der Waals surface area contributed by atoms with Gasteiger partial charge in [-0.25, -0.2) is 18.4 Å². The average molecular weight is 507 g/mol. The summed E-state index contributed by atoms with van der Waals surface area (Å²) in [5.41, 5.74) is 1.43. The van der Waals surface area contributed by atoms with Gasteiger partial charge in [-0.15, -0.1) is 11.3 Å². The van der Waals surface area contributed by atoms with E-state index in [-0.39, 0.29) is 0 Å². The minimum absolute atomic E-state index is 0.367. The number of sulfonamides is 1. The lowest BCUT2D eigenvalue weighted by Gasteiger charge is -2.35. The molecule has 8 heteroatoms. The van der Waals surface area contributed by atoms with Gasteiger partial charge in [-0.1, -0.05) is 37.3 Å². The molecule has 2 aliphatic rings. The third-order valence-electron chi connectivity index (χ3n) is 7.21. The second-order valence-electron chi connectivity index (χ2n) is 9.50. The van der Waals surface area contributed by atoms with Crippen LogP contribution in [-0.4, -0.2) is 48.9 Å². The van der Waals surface area contributed by atoms with Crippen molar-refractivity contribution in [2.75, 3.05) is 31.1 Å². The van der Waals surface area contributed by atoms with Crippen molar-refractivity contribution in [2.24, 2.45) is 0 Å². The number of nitrogens with zero attached hydrogens (tertiary/aromatic N) is 4. The monoisotopic (exact) mass is 506 g/mol. The molecule has 182 valence electrons. The lowest BCUT2D eigenvalue weighted by atomic mass is 9.97. The van der Waals surface area contributed by atoms with Gasteiger partial charge >= 0.3 is 0 Å². The molecule has 0 saturated carbocycles. The van der Waals surface area contributed by atoms with E-state index in [1.54, 1.807) is 16.4 Å². The molecule has 1 aliphatic carbocycles. The van der Waals surface area contributed by atoms with E-state index in [1.807, 2.05) is 41.7 Å². The van der Waals surface area contributed by atoms with Crippen molar-refractivity contribution in [3.63, 3.8) is 0 Å². The summed E-state index contributed by atoms with van der Waals surface area (Å²) in [6.45, 7) is 4.33. The molecule has 0 atom stereocenters. The molecule has 35 heavy (non-hydrogen) atoms. The van der Waals surface area contributed by atoms with Gasteiger partial charge in [0.2, 0.25) is 10.0 Å². The van der Waals surface area contributed by atoms with Crippen LogP contribution in [-0.2, 0) is 29.3 Å². The van der Waals surface area contributed by atoms with Gasteiger partial charge in [0.1, 0.15) is 16.5 Å². The highest BCUT2D eigenvalue weighted by Gasteiger charge is 2.31. The maximum absolute atomic E-state index is 13.5. The summed E-state index contributed by atoms with van der Waals surface area (Å²) in [6.07, 6.45) is 6.56. The Morgan fingerprint density at radius 2 is 1.71 bits per heavy atom. The van der Waals surface area contributed by atoms with E-state index in [1.165, 1.54) is 28.7 Å². The number of piperazine rings is 1. The number of aromatic nitrogens is 2. The van der Waals surface area contributed by atoms with E-state index >= 15 is 0 Å². The van der Waals surface area contributed by atoms with Crippen molar-refractivity contribution in [3.8, 4) is 0 Å². The first-order chi connectivity index (χ1) is 17.0. The van der Waals surface area contributed by atoms with Crippen molar-refractivity contribution >= 4 is 48.2 Å². The summed E-state index contributed by atoms with van der Waals surface area (Å²) >= 11 is 1.84. The Balaban J connectivity index is 1.29. The van der Waals surface area contributed by atoms with Crippen LogP contribution in [0.25, 0.3) is 21.0 Å². The Bertz CT molecular complexity index is 1500. The maximum Gasteiger partial charge on any atom is 0.243 e. The summed E-state index contributed by atoms with van der Waals surface area (Å²) in [5.74, 6) is 1.92. The Morgan fingerprint density at radius 3 is 2.51 bits per heavy atom. The first-order valence-corrected chi connectivity index (χ1v) is 14.9. The number of thiophene rings is 1. The van der Waals surface area contributed by atoms with Crippen LogP contribution in [0.1, 0.15) is 42.5 Å². The Morgan fingerprint density at radius 1 is 0.943 bits per heavy atom. The molecule has 3 heterocycles. The maximum atomic E-state index is 13.5. The molecule has 0 bridgehead atoms. The van der Waals surface area contributed by atoms with Crippen LogP contribution in [0.5, 0.6) is 0 Å². The lowest BCUT2D eigenvalue weighted by Crippen LogP contribution is -2.49. The summed E-state index contributed by atoms with van der Waals surface area (Å²) in [7, 11) is -3.55. The van der Waals surface area contributed by atoms with E-state index in [0.717, 1.165) is 52.9 Å². The number of rotatable bonds is 5. The fourth-order valence-corrected chi connectivity index (χ4v) is 8.10. The normalized spacial score (nSPS) is 17.2. The number of benzene rings is 2. The molecule has 6 rings (SSSR count). The second-order valence-corrected chi connectivity index (χ2v) is 12.5. The second kappa shape index (κ2) is 9.15. The van der Waals surface area contributed by atoms with E-state index in [0.29, 0.717) is 31.1 Å². The number of fused-ring (bicyclic) bond motifs is 4. The van der Waals surface area contributed by atoms with Crippen LogP contribution in [0.3, 0.4) is 0 Å². The molecular formula is C27H30N4O2S2. The molecule has 6 nitrogen and oxygen atoms in total. The summed E-state index contributed by atoms with van der Waals surface area (Å²) in [4.78, 5) is 15.2. The number of hydrogen-bond donors (Lipinski definition) is 0. The third kappa shape index (κ3) is 4.11. The Hall–Kier alpha value is -2.55. The van der Waals surface area contributed by atoms with Gasteiger partial charge in [-0.2, -0.15) is 4.31 Å². The van der Waals surface area contributed by atoms with Crippen molar-refractivity contribution in [3.05, 3.63) is 58.7 Å². The van der Waals surface area contributed by atoms with Gasteiger partial charge in [0, 0.05) is 37.5 Å². The van der Waals surface area contributed by atoms with Crippen LogP contribution in [0, 0.1) is 0 Å². The summed E-state index contributed by atoms with van der Waals surface area (Å²) in [6, 6.07) is 13.3. The minimum Gasteiger partial charge on any atom is -0.353 e. The molecule has 0 radical (unpaired) electrons. The van der Waals surface area contributed by atoms with Gasteiger partial charge in [-0.05, 0) is 60.6 Å². The van der Waals surface area contributed by atoms with Gasteiger partial charge in [0.15, 0.2) is 0 Å². The predicted octanol–water partition coefficient (Wildman–Crippen LogP) is 5.19. The van der Waals surface area contributed by atoms with Gasteiger partial charge in [0.05, 0.1) is 10.3 Å². The van der Waals surface area contributed by atoms with Crippen molar-refractivity contribution in [2.45, 2.75) is 50.3 Å². The molecule has 0 amide bonds. The first-order valence-electron chi connectivity index (χ1n) is 12.6. The number of aryl methyl sites for hydroxylation is 3. The molecule has 1 saturated heterocycles. The molecule has 2 aromatic heterocycles. The lowest BCUT2D eigenvalue weighted by molar-refractivity contribution is 0.384. The van der Waals surface area contributed by atoms with Gasteiger partial charge in [-0.3, -0.25) is 0 Å². The summed E-state index contributed by atoms with van der Waals surface area (Å²) in [5, 5.41) is 3.21. The molecule has 1 fully saturated rings. The van der Waals surface area contributed by atoms with Crippen molar-refractivity contribution < 1.29 is 8.42 Å². The van der Waals surface area contributed by atoms with Gasteiger partial charge < -0.3 is 4.90 Å². The van der Waals surface area contributed by atoms with Crippen molar-refractivity contribution in [1.82, 2.24) is 14.3 Å². The molecule has 2 aromatic carbocycles. The van der Waals surface area contributed by atoms with Crippen LogP contribution >= 0.6 is 11.3 Å². The molecule has 0 spiro atoms. The fraction of sp³-hybridized carbons (Fsp3) is 0.407. The zero-order valence-corrected chi connectivity index (χ0v) is 21.7. The minimum atomic E-state index is -3.55. The number of anilines is 1. The summed E-state index contributed by atoms with van der Waals surface area (Å²) < 4.78 is 28.5. The largest absolute Gasteiger partial charge is 0.353 e. The molecule has 1 aliphatic heterocycles. The highest BCUT2D eigenvalue weighted by atomic mass is 32.2. The standard InChI is InChI=1S/C27H30N4O2S2/c1-2-7-24-28-26(25-22-10-5-6-11-23(22)34-27(25)29-24)30-14-16-31(17-15-30)35(32,33)21-13-12-19-8-3-4-9-20(19)18-21/h3-4,8-9,12-13,18H,2,5-7,10-11,14-17H2,1H3. The van der Waals surface area contributed by atoms with E-state index < -0.39 is 10.0 Å². The van der Waals surface area contributed by atoms with Crippen LogP contribution in [0.15, 0.2) is 47.4 Å². The zero-order chi connectivity index (χ0) is 24.0. The number of hydrogen-bond acceptors (Lipinski definition) is 6. The highest BCUT2D eigenvalue weighted by molar-refractivity contribution is 7.89. The molecular weight excluding hydrogens is 476 g/mol. The quantitative estimate of drug-likeness (QED) is 0.373. The van der Waals surface area contributed by atoms with E-state index in [2.05, 4.69) is 11.8 Å². The van der Waals surface area contributed by atoms with Crippen LogP contribution in [0.2, 0.25) is 0 Å². The Labute approximate surface area is 210 Å². The van der Waals surface area contributed by atoms with Crippen LogP contribution in [0.4, 0.5) is 5.82 Å². The average Bonchev–Trinajstić information content (AvgIpc) is 3.26. The topological polar surface area (TPSA) is 66.4 Å². The molecule has 4 aromatic rings. The Kier molecular flexibility index (Phi) is 5.98. The third-order valence-corrected chi connectivity index (χ3v) is 10.3. The fourth-order valence-electron chi connectivity index (χ4n) is 5.36. The van der Waals surface area contributed by atoms with Crippen molar-refractivity contribution in [1.29, 1.82) is 0 Å². The smallest absolute Gasteiger partial charge is 0.243 e. The SMILES string of the molecule is CCCc1nc(N2CCN(S(=O)(=O)c3ccc4ccccc4c3)CC2)c2c3c(sc2n1)CCCC3. The molecule has 0 unspecified atom stereocenters. The molecule has 0 N–H and O–H groups in total. The predicted molar refractivity (Wildman–Crippen MR) is 143 cm³/mol. The van der Waals surface area contributed by atoms with E-state index in [4.69, 9.17) is 9.97 Å².